The second-order valence-electron chi connectivity index (χ2n) is 8.90. The summed E-state index contributed by atoms with van der Waals surface area (Å²) in [5.41, 5.74) is 2.69. The first-order valence-corrected chi connectivity index (χ1v) is 12.4. The van der Waals surface area contributed by atoms with Gasteiger partial charge in [-0.05, 0) is 80.8 Å². The molecule has 0 spiro atoms. The van der Waals surface area contributed by atoms with Crippen LogP contribution in [-0.4, -0.2) is 42.2 Å². The summed E-state index contributed by atoms with van der Waals surface area (Å²) >= 11 is 0. The fraction of sp³-hybridized carbons (Fsp3) is 0.267. The van der Waals surface area contributed by atoms with Crippen LogP contribution in [0.2, 0.25) is 0 Å². The average molecular weight is 518 g/mol. The topological polar surface area (TPSA) is 106 Å². The third-order valence-electron chi connectivity index (χ3n) is 6.45. The normalized spacial score (nSPS) is 16.6. The van der Waals surface area contributed by atoms with Crippen molar-refractivity contribution in [3.8, 4) is 23.0 Å². The lowest BCUT2D eigenvalue weighted by Gasteiger charge is -2.26. The zero-order chi connectivity index (χ0) is 27.6. The highest BCUT2D eigenvalue weighted by Crippen LogP contribution is 2.45. The molecule has 2 N–H and O–H groups in total. The maximum atomic E-state index is 13.5. The molecule has 1 fully saturated rings. The number of aryl methyl sites for hydroxylation is 2. The van der Waals surface area contributed by atoms with E-state index in [0.29, 0.717) is 47.1 Å². The summed E-state index contributed by atoms with van der Waals surface area (Å²) in [6.45, 7) is 7.99. The number of carbonyl (C=O) groups is 2. The zero-order valence-corrected chi connectivity index (χ0v) is 22.1. The van der Waals surface area contributed by atoms with E-state index in [1.54, 1.807) is 69.5 Å². The van der Waals surface area contributed by atoms with Crippen molar-refractivity contribution in [1.29, 1.82) is 0 Å². The average Bonchev–Trinajstić information content (AvgIpc) is 3.16. The van der Waals surface area contributed by atoms with Crippen LogP contribution in [0.25, 0.3) is 5.76 Å². The fourth-order valence-corrected chi connectivity index (χ4v) is 4.69. The van der Waals surface area contributed by atoms with Gasteiger partial charge in [0.05, 0.1) is 31.9 Å². The van der Waals surface area contributed by atoms with Crippen LogP contribution >= 0.6 is 0 Å². The first-order valence-electron chi connectivity index (χ1n) is 12.4. The number of methoxy groups -OCH3 is 1. The number of aromatic hydroxyl groups is 1. The number of phenols is 1. The maximum absolute atomic E-state index is 13.5. The Labute approximate surface area is 221 Å². The molecule has 38 heavy (non-hydrogen) atoms. The second kappa shape index (κ2) is 10.9. The molecule has 1 saturated heterocycles. The Bertz CT molecular complexity index is 1430. The van der Waals surface area contributed by atoms with Gasteiger partial charge in [-0.3, -0.25) is 14.5 Å². The minimum Gasteiger partial charge on any atom is -0.507 e. The van der Waals surface area contributed by atoms with Crippen LogP contribution in [0.15, 0.2) is 60.2 Å². The molecule has 1 unspecified atom stereocenters. The van der Waals surface area contributed by atoms with Crippen molar-refractivity contribution >= 4 is 23.1 Å². The molecule has 3 aromatic rings. The van der Waals surface area contributed by atoms with E-state index < -0.39 is 17.7 Å². The van der Waals surface area contributed by atoms with E-state index >= 15 is 0 Å². The molecular formula is C30H31NO7. The first kappa shape index (κ1) is 26.6. The fourth-order valence-electron chi connectivity index (χ4n) is 4.69. The van der Waals surface area contributed by atoms with Gasteiger partial charge < -0.3 is 24.4 Å². The molecule has 8 heteroatoms. The van der Waals surface area contributed by atoms with Gasteiger partial charge in [-0.2, -0.15) is 0 Å². The predicted octanol–water partition coefficient (Wildman–Crippen LogP) is 5.44. The van der Waals surface area contributed by atoms with Gasteiger partial charge in [-0.1, -0.05) is 12.1 Å². The standard InChI is InChI=1S/C30H31NO7/c1-6-37-21-10-8-9-20(16-21)31-27(19-11-12-23(32)25(15-19)38-7-2)26(29(34)30(31)35)28(33)22-13-18(4)24(36-5)14-17(22)3/h8-16,27,32-33H,6-7H2,1-5H3/b28-26+. The number of rotatable bonds is 8. The van der Waals surface area contributed by atoms with Crippen LogP contribution in [0, 0.1) is 13.8 Å². The summed E-state index contributed by atoms with van der Waals surface area (Å²) in [7, 11) is 1.56. The van der Waals surface area contributed by atoms with Gasteiger partial charge in [0.15, 0.2) is 11.5 Å². The van der Waals surface area contributed by atoms with E-state index in [1.165, 1.54) is 11.0 Å². The number of anilines is 1. The Morgan fingerprint density at radius 2 is 1.66 bits per heavy atom. The number of benzene rings is 3. The van der Waals surface area contributed by atoms with E-state index in [1.807, 2.05) is 13.8 Å². The molecule has 1 amide bonds. The Morgan fingerprint density at radius 1 is 0.921 bits per heavy atom. The maximum Gasteiger partial charge on any atom is 0.300 e. The Kier molecular flexibility index (Phi) is 7.62. The van der Waals surface area contributed by atoms with Gasteiger partial charge >= 0.3 is 0 Å². The Balaban J connectivity index is 1.98. The van der Waals surface area contributed by atoms with Gasteiger partial charge in [0.2, 0.25) is 0 Å². The number of ketones is 1. The summed E-state index contributed by atoms with van der Waals surface area (Å²) in [4.78, 5) is 28.4. The van der Waals surface area contributed by atoms with E-state index in [9.17, 15) is 19.8 Å². The number of aliphatic hydroxyl groups is 1. The first-order chi connectivity index (χ1) is 18.2. The van der Waals surface area contributed by atoms with Gasteiger partial charge in [0.25, 0.3) is 11.7 Å². The number of phenolic OH excluding ortho intramolecular Hbond substituents is 1. The lowest BCUT2D eigenvalue weighted by Crippen LogP contribution is -2.29. The molecule has 8 nitrogen and oxygen atoms in total. The van der Waals surface area contributed by atoms with Gasteiger partial charge in [0.1, 0.15) is 17.3 Å². The van der Waals surface area contributed by atoms with Crippen molar-refractivity contribution in [3.63, 3.8) is 0 Å². The molecule has 1 atom stereocenters. The largest absolute Gasteiger partial charge is 0.507 e. The number of hydrogen-bond acceptors (Lipinski definition) is 7. The smallest absolute Gasteiger partial charge is 0.300 e. The number of hydrogen-bond donors (Lipinski definition) is 2. The number of amides is 1. The highest BCUT2D eigenvalue weighted by Gasteiger charge is 2.47. The highest BCUT2D eigenvalue weighted by molar-refractivity contribution is 6.51. The molecule has 1 aliphatic heterocycles. The van der Waals surface area contributed by atoms with Crippen LogP contribution in [0.3, 0.4) is 0 Å². The van der Waals surface area contributed by atoms with Gasteiger partial charge in [-0.25, -0.2) is 0 Å². The van der Waals surface area contributed by atoms with Crippen molar-refractivity contribution in [2.75, 3.05) is 25.2 Å². The van der Waals surface area contributed by atoms with Crippen LogP contribution in [-0.2, 0) is 9.59 Å². The minimum atomic E-state index is -0.992. The monoisotopic (exact) mass is 517 g/mol. The lowest BCUT2D eigenvalue weighted by molar-refractivity contribution is -0.132. The summed E-state index contributed by atoms with van der Waals surface area (Å²) < 4.78 is 16.6. The second-order valence-corrected chi connectivity index (χ2v) is 8.90. The van der Waals surface area contributed by atoms with Crippen molar-refractivity contribution in [3.05, 3.63) is 82.4 Å². The third-order valence-corrected chi connectivity index (χ3v) is 6.45. The van der Waals surface area contributed by atoms with E-state index in [0.717, 1.165) is 5.56 Å². The molecule has 1 heterocycles. The predicted molar refractivity (Wildman–Crippen MR) is 144 cm³/mol. The van der Waals surface area contributed by atoms with Crippen molar-refractivity contribution < 1.29 is 34.0 Å². The van der Waals surface area contributed by atoms with Crippen molar-refractivity contribution in [2.24, 2.45) is 0 Å². The van der Waals surface area contributed by atoms with E-state index in [4.69, 9.17) is 14.2 Å². The lowest BCUT2D eigenvalue weighted by atomic mass is 9.92. The molecule has 0 saturated carbocycles. The molecule has 3 aromatic carbocycles. The van der Waals surface area contributed by atoms with Crippen LogP contribution in [0.1, 0.15) is 42.1 Å². The van der Waals surface area contributed by atoms with Crippen LogP contribution in [0.4, 0.5) is 5.69 Å². The SMILES string of the molecule is CCOc1cccc(N2C(=O)C(=O)/C(=C(/O)c3cc(C)c(OC)cc3C)C2c2ccc(O)c(OCC)c2)c1. The van der Waals surface area contributed by atoms with Crippen molar-refractivity contribution in [1.82, 2.24) is 0 Å². The minimum absolute atomic E-state index is 0.0716. The molecule has 0 bridgehead atoms. The van der Waals surface area contributed by atoms with E-state index in [-0.39, 0.29) is 22.8 Å². The highest BCUT2D eigenvalue weighted by atomic mass is 16.5. The quantitative estimate of drug-likeness (QED) is 0.233. The van der Waals surface area contributed by atoms with Crippen LogP contribution in [0.5, 0.6) is 23.0 Å². The number of carbonyl (C=O) groups excluding carboxylic acids is 2. The summed E-state index contributed by atoms with van der Waals surface area (Å²) in [6.07, 6.45) is 0. The zero-order valence-electron chi connectivity index (χ0n) is 22.1. The molecule has 0 aliphatic carbocycles. The number of aliphatic hydroxyl groups excluding tert-OH is 1. The summed E-state index contributed by atoms with van der Waals surface area (Å²) in [5.74, 6) is -0.613. The van der Waals surface area contributed by atoms with Gasteiger partial charge in [-0.15, -0.1) is 0 Å². The summed E-state index contributed by atoms with van der Waals surface area (Å²) in [6, 6.07) is 14.0. The van der Waals surface area contributed by atoms with Gasteiger partial charge in [0, 0.05) is 17.3 Å². The third kappa shape index (κ3) is 4.77. The van der Waals surface area contributed by atoms with Crippen LogP contribution < -0.4 is 19.1 Å². The molecule has 0 aromatic heterocycles. The summed E-state index contributed by atoms with van der Waals surface area (Å²) in [5, 5.41) is 21.9. The number of ether oxygens (including phenoxy) is 3. The number of Topliss-reactive ketones (excluding diaryl/α,β-unsaturated/α-hetero) is 1. The molecular weight excluding hydrogens is 486 g/mol. The number of nitrogens with zero attached hydrogens (tertiary/aromatic N) is 1. The Morgan fingerprint density at radius 3 is 2.34 bits per heavy atom. The molecule has 4 rings (SSSR count). The van der Waals surface area contributed by atoms with E-state index in [2.05, 4.69) is 0 Å². The van der Waals surface area contributed by atoms with Crippen molar-refractivity contribution in [2.45, 2.75) is 33.7 Å². The molecule has 198 valence electrons. The Hall–Kier alpha value is -4.46. The molecule has 0 radical (unpaired) electrons. The molecule has 1 aliphatic rings.